The van der Waals surface area contributed by atoms with Crippen molar-refractivity contribution in [1.29, 1.82) is 0 Å². The molecule has 2 aromatic heterocycles. The van der Waals surface area contributed by atoms with Gasteiger partial charge in [-0.25, -0.2) is 4.39 Å². The van der Waals surface area contributed by atoms with Gasteiger partial charge in [0.1, 0.15) is 5.15 Å². The Hall–Kier alpha value is -1.23. The molecule has 0 N–H and O–H groups in total. The molecule has 0 bridgehead atoms. The quantitative estimate of drug-likeness (QED) is 0.723. The first-order valence-corrected chi connectivity index (χ1v) is 4.64. The standard InChI is InChI=1S/C8H6ClFN4/c9-5-1-2-6-11-12-7(14(6)13-5)8(10)3-4-8/h1-2H,3-4H2. The van der Waals surface area contributed by atoms with E-state index in [-0.39, 0.29) is 5.82 Å². The Morgan fingerprint density at radius 3 is 2.86 bits per heavy atom. The third kappa shape index (κ3) is 1.02. The van der Waals surface area contributed by atoms with Gasteiger partial charge in [0.25, 0.3) is 0 Å². The smallest absolute Gasteiger partial charge is 0.192 e. The summed E-state index contributed by atoms with van der Waals surface area (Å²) in [7, 11) is 0. The molecule has 0 spiro atoms. The zero-order chi connectivity index (χ0) is 9.76. The van der Waals surface area contributed by atoms with E-state index in [1.54, 1.807) is 12.1 Å². The predicted molar refractivity (Wildman–Crippen MR) is 47.8 cm³/mol. The van der Waals surface area contributed by atoms with Crippen LogP contribution in [0.3, 0.4) is 0 Å². The molecular formula is C8H6ClFN4. The summed E-state index contributed by atoms with van der Waals surface area (Å²) in [4.78, 5) is 0. The van der Waals surface area contributed by atoms with E-state index in [4.69, 9.17) is 11.6 Å². The van der Waals surface area contributed by atoms with Crippen molar-refractivity contribution in [2.45, 2.75) is 18.5 Å². The molecule has 72 valence electrons. The number of fused-ring (bicyclic) bond motifs is 1. The van der Waals surface area contributed by atoms with Gasteiger partial charge in [0.05, 0.1) is 0 Å². The van der Waals surface area contributed by atoms with Gasteiger partial charge in [-0.05, 0) is 25.0 Å². The number of halogens is 2. The van der Waals surface area contributed by atoms with Crippen molar-refractivity contribution in [2.24, 2.45) is 0 Å². The second-order valence-corrected chi connectivity index (χ2v) is 3.80. The second kappa shape index (κ2) is 2.42. The molecular weight excluding hydrogens is 207 g/mol. The van der Waals surface area contributed by atoms with Crippen LogP contribution in [0.15, 0.2) is 12.1 Å². The van der Waals surface area contributed by atoms with Crippen LogP contribution in [0.4, 0.5) is 4.39 Å². The molecule has 0 saturated heterocycles. The molecule has 0 aromatic carbocycles. The van der Waals surface area contributed by atoms with Crippen LogP contribution in [0.2, 0.25) is 5.15 Å². The lowest BCUT2D eigenvalue weighted by Crippen LogP contribution is -2.07. The summed E-state index contributed by atoms with van der Waals surface area (Å²) in [5.74, 6) is 0.259. The largest absolute Gasteiger partial charge is 0.235 e. The van der Waals surface area contributed by atoms with Crippen molar-refractivity contribution >= 4 is 17.2 Å². The summed E-state index contributed by atoms with van der Waals surface area (Å²) in [6.07, 6.45) is 0.976. The van der Waals surface area contributed by atoms with E-state index in [2.05, 4.69) is 15.3 Å². The maximum atomic E-state index is 13.7. The monoisotopic (exact) mass is 212 g/mol. The van der Waals surface area contributed by atoms with Crippen LogP contribution in [0.1, 0.15) is 18.7 Å². The SMILES string of the molecule is FC1(c2nnc3ccc(Cl)nn23)CC1. The number of nitrogens with zero attached hydrogens (tertiary/aromatic N) is 4. The van der Waals surface area contributed by atoms with Gasteiger partial charge >= 0.3 is 0 Å². The minimum atomic E-state index is -1.34. The Kier molecular flexibility index (Phi) is 1.40. The molecule has 0 radical (unpaired) electrons. The summed E-state index contributed by atoms with van der Waals surface area (Å²) in [5.41, 5.74) is -0.815. The van der Waals surface area contributed by atoms with Crippen LogP contribution in [0.25, 0.3) is 5.65 Å². The van der Waals surface area contributed by atoms with Gasteiger partial charge < -0.3 is 0 Å². The number of hydrogen-bond donors (Lipinski definition) is 0. The molecule has 1 fully saturated rings. The molecule has 0 aliphatic heterocycles. The van der Waals surface area contributed by atoms with E-state index >= 15 is 0 Å². The van der Waals surface area contributed by atoms with E-state index in [1.165, 1.54) is 4.52 Å². The maximum absolute atomic E-state index is 13.7. The van der Waals surface area contributed by atoms with E-state index in [0.29, 0.717) is 23.6 Å². The highest BCUT2D eigenvalue weighted by molar-refractivity contribution is 6.29. The van der Waals surface area contributed by atoms with Crippen LogP contribution in [0, 0.1) is 0 Å². The fraction of sp³-hybridized carbons (Fsp3) is 0.375. The molecule has 0 unspecified atom stereocenters. The Labute approximate surface area is 83.7 Å². The van der Waals surface area contributed by atoms with Crippen LogP contribution < -0.4 is 0 Å². The summed E-state index contributed by atoms with van der Waals surface area (Å²) in [6, 6.07) is 3.27. The second-order valence-electron chi connectivity index (χ2n) is 3.41. The van der Waals surface area contributed by atoms with Gasteiger partial charge in [-0.2, -0.15) is 9.61 Å². The van der Waals surface area contributed by atoms with Gasteiger partial charge in [0.2, 0.25) is 0 Å². The fourth-order valence-electron chi connectivity index (χ4n) is 1.38. The third-order valence-electron chi connectivity index (χ3n) is 2.32. The summed E-state index contributed by atoms with van der Waals surface area (Å²) >= 11 is 5.71. The summed E-state index contributed by atoms with van der Waals surface area (Å²) in [5, 5.41) is 11.9. The highest BCUT2D eigenvalue weighted by atomic mass is 35.5. The molecule has 1 saturated carbocycles. The molecule has 3 rings (SSSR count). The van der Waals surface area contributed by atoms with Crippen LogP contribution in [-0.2, 0) is 5.67 Å². The topological polar surface area (TPSA) is 43.1 Å². The Balaban J connectivity index is 2.29. The van der Waals surface area contributed by atoms with Crippen molar-refractivity contribution in [3.8, 4) is 0 Å². The van der Waals surface area contributed by atoms with Gasteiger partial charge in [-0.1, -0.05) is 11.6 Å². The lowest BCUT2D eigenvalue weighted by Gasteiger charge is -2.00. The third-order valence-corrected chi connectivity index (χ3v) is 2.52. The summed E-state index contributed by atoms with van der Waals surface area (Å²) in [6.45, 7) is 0. The zero-order valence-corrected chi connectivity index (χ0v) is 7.87. The first-order chi connectivity index (χ1) is 6.69. The van der Waals surface area contributed by atoms with Gasteiger partial charge in [-0.15, -0.1) is 10.2 Å². The Bertz CT molecular complexity index is 505. The predicted octanol–water partition coefficient (Wildman–Crippen LogP) is 1.74. The molecule has 6 heteroatoms. The maximum Gasteiger partial charge on any atom is 0.192 e. The van der Waals surface area contributed by atoms with Crippen molar-refractivity contribution in [2.75, 3.05) is 0 Å². The minimum absolute atomic E-state index is 0.259. The average Bonchev–Trinajstić information content (AvgIpc) is 2.77. The van der Waals surface area contributed by atoms with E-state index in [9.17, 15) is 4.39 Å². The van der Waals surface area contributed by atoms with Gasteiger partial charge in [0, 0.05) is 0 Å². The zero-order valence-electron chi connectivity index (χ0n) is 7.11. The van der Waals surface area contributed by atoms with Gasteiger partial charge in [-0.3, -0.25) is 0 Å². The number of alkyl halides is 1. The van der Waals surface area contributed by atoms with Crippen LogP contribution >= 0.6 is 11.6 Å². The van der Waals surface area contributed by atoms with Crippen molar-refractivity contribution in [1.82, 2.24) is 19.8 Å². The molecule has 0 atom stereocenters. The first-order valence-electron chi connectivity index (χ1n) is 4.26. The average molecular weight is 213 g/mol. The normalized spacial score (nSPS) is 18.7. The van der Waals surface area contributed by atoms with Crippen molar-refractivity contribution in [3.05, 3.63) is 23.1 Å². The molecule has 14 heavy (non-hydrogen) atoms. The van der Waals surface area contributed by atoms with Gasteiger partial charge in [0.15, 0.2) is 17.1 Å². The highest BCUT2D eigenvalue weighted by Crippen LogP contribution is 2.48. The summed E-state index contributed by atoms with van der Waals surface area (Å²) < 4.78 is 15.1. The molecule has 2 aromatic rings. The molecule has 2 heterocycles. The fourth-order valence-corrected chi connectivity index (χ4v) is 1.52. The van der Waals surface area contributed by atoms with Crippen LogP contribution in [0.5, 0.6) is 0 Å². The number of aromatic nitrogens is 4. The van der Waals surface area contributed by atoms with Crippen LogP contribution in [-0.4, -0.2) is 19.8 Å². The Morgan fingerprint density at radius 2 is 2.14 bits per heavy atom. The Morgan fingerprint density at radius 1 is 1.36 bits per heavy atom. The molecule has 4 nitrogen and oxygen atoms in total. The molecule has 0 amide bonds. The molecule has 1 aliphatic rings. The van der Waals surface area contributed by atoms with Crippen molar-refractivity contribution < 1.29 is 4.39 Å². The lowest BCUT2D eigenvalue weighted by molar-refractivity contribution is 0.295. The molecule has 1 aliphatic carbocycles. The number of rotatable bonds is 1. The lowest BCUT2D eigenvalue weighted by atomic mass is 10.3. The highest BCUT2D eigenvalue weighted by Gasteiger charge is 2.49. The van der Waals surface area contributed by atoms with E-state index < -0.39 is 5.67 Å². The van der Waals surface area contributed by atoms with Crippen molar-refractivity contribution in [3.63, 3.8) is 0 Å². The minimum Gasteiger partial charge on any atom is -0.235 e. The first kappa shape index (κ1) is 8.11. The number of hydrogen-bond acceptors (Lipinski definition) is 3. The van der Waals surface area contributed by atoms with E-state index in [0.717, 1.165) is 0 Å². The van der Waals surface area contributed by atoms with E-state index in [1.807, 2.05) is 0 Å².